The molecule has 13 heteroatoms. The molecule has 0 fully saturated rings. The lowest BCUT2D eigenvalue weighted by molar-refractivity contribution is -0.138. The van der Waals surface area contributed by atoms with Crippen LogP contribution in [0.15, 0.2) is 94.2 Å². The molecule has 0 saturated heterocycles. The molecule has 0 saturated carbocycles. The molecule has 0 unspecified atom stereocenters. The van der Waals surface area contributed by atoms with E-state index in [9.17, 15) is 9.59 Å². The molecule has 9 nitrogen and oxygen atoms in total. The van der Waals surface area contributed by atoms with Crippen LogP contribution in [0.4, 0.5) is 0 Å². The summed E-state index contributed by atoms with van der Waals surface area (Å²) in [6.45, 7) is 2.02. The number of fused-ring (bicyclic) bond motifs is 1. The van der Waals surface area contributed by atoms with E-state index in [1.807, 2.05) is 30.3 Å². The van der Waals surface area contributed by atoms with Crippen molar-refractivity contribution < 1.29 is 28.5 Å². The summed E-state index contributed by atoms with van der Waals surface area (Å²) in [6.07, 6.45) is 1.70. The first-order valence-electron chi connectivity index (χ1n) is 15.6. The van der Waals surface area contributed by atoms with Gasteiger partial charge in [-0.25, -0.2) is 9.79 Å². The fourth-order valence-corrected chi connectivity index (χ4v) is 7.27. The standard InChI is InChI=1S/C38H31Cl3N2O7S/c1-5-49-37(45)32-33(23-9-7-6-8-10-23)42-38-43(34(32)24-12-14-28(46-2)29(19-24)47-3)36(44)31(51-38)18-22-16-27(41)35(30(17-22)48-4)50-20-21-11-13-25(39)26(40)15-21/h6-19,34H,5,20H2,1-4H3/b31-18-/t34-/m1/s1. The van der Waals surface area contributed by atoms with Gasteiger partial charge in [-0.1, -0.05) is 88.6 Å². The SMILES string of the molecule is CCOC(=O)C1=C(c2ccccc2)N=c2s/c(=C\c3cc(Cl)c(OCc4ccc(Cl)c(Cl)c4)c(OC)c3)c(=O)n2[C@@H]1c1ccc(OC)c(OC)c1. The average molecular weight is 766 g/mol. The first kappa shape index (κ1) is 36.1. The highest BCUT2D eigenvalue weighted by Crippen LogP contribution is 2.39. The summed E-state index contributed by atoms with van der Waals surface area (Å²) < 4.78 is 30.1. The first-order chi connectivity index (χ1) is 24.7. The molecule has 0 amide bonds. The lowest BCUT2D eigenvalue weighted by Crippen LogP contribution is -2.40. The average Bonchev–Trinajstić information content (AvgIpc) is 3.45. The van der Waals surface area contributed by atoms with Crippen LogP contribution in [0, 0.1) is 0 Å². The van der Waals surface area contributed by atoms with E-state index in [0.29, 0.717) is 64.8 Å². The Balaban J connectivity index is 1.50. The third-order valence-corrected chi connectivity index (χ3v) is 10.0. The summed E-state index contributed by atoms with van der Waals surface area (Å²) in [5.74, 6) is 1.02. The summed E-state index contributed by atoms with van der Waals surface area (Å²) >= 11 is 20.1. The van der Waals surface area contributed by atoms with Crippen molar-refractivity contribution >= 4 is 63.9 Å². The third kappa shape index (κ3) is 7.36. The van der Waals surface area contributed by atoms with Gasteiger partial charge in [0, 0.05) is 5.56 Å². The van der Waals surface area contributed by atoms with Crippen LogP contribution in [-0.4, -0.2) is 38.5 Å². The van der Waals surface area contributed by atoms with Crippen LogP contribution in [0.25, 0.3) is 11.8 Å². The van der Waals surface area contributed by atoms with Crippen LogP contribution in [0.5, 0.6) is 23.0 Å². The number of thiazole rings is 1. The molecule has 5 aromatic rings. The highest BCUT2D eigenvalue weighted by molar-refractivity contribution is 7.07. The number of benzene rings is 4. The molecule has 6 rings (SSSR count). The van der Waals surface area contributed by atoms with Gasteiger partial charge in [0.15, 0.2) is 27.8 Å². The Morgan fingerprint density at radius 2 is 1.61 bits per heavy atom. The largest absolute Gasteiger partial charge is 0.493 e. The number of halogens is 3. The summed E-state index contributed by atoms with van der Waals surface area (Å²) in [6, 6.07) is 22.3. The molecular weight excluding hydrogens is 735 g/mol. The minimum absolute atomic E-state index is 0.128. The van der Waals surface area contributed by atoms with Gasteiger partial charge in [0.25, 0.3) is 5.56 Å². The Morgan fingerprint density at radius 1 is 0.863 bits per heavy atom. The number of hydrogen-bond donors (Lipinski definition) is 0. The first-order valence-corrected chi connectivity index (χ1v) is 17.6. The van der Waals surface area contributed by atoms with Gasteiger partial charge in [0.2, 0.25) is 0 Å². The number of carbonyl (C=O) groups is 1. The van der Waals surface area contributed by atoms with E-state index < -0.39 is 12.0 Å². The van der Waals surface area contributed by atoms with Gasteiger partial charge < -0.3 is 23.7 Å². The Hall–Kier alpha value is -4.74. The Kier molecular flexibility index (Phi) is 11.1. The Labute approximate surface area is 312 Å². The smallest absolute Gasteiger partial charge is 0.338 e. The van der Waals surface area contributed by atoms with E-state index in [1.54, 1.807) is 61.5 Å². The van der Waals surface area contributed by atoms with Gasteiger partial charge in [0.1, 0.15) is 6.61 Å². The van der Waals surface area contributed by atoms with Crippen molar-refractivity contribution in [2.75, 3.05) is 27.9 Å². The molecule has 1 aliphatic heterocycles. The van der Waals surface area contributed by atoms with E-state index in [2.05, 4.69) is 0 Å². The van der Waals surface area contributed by atoms with Crippen molar-refractivity contribution in [1.29, 1.82) is 0 Å². The van der Waals surface area contributed by atoms with Crippen molar-refractivity contribution in [2.45, 2.75) is 19.6 Å². The molecule has 0 bridgehead atoms. The zero-order valence-corrected chi connectivity index (χ0v) is 31.0. The van der Waals surface area contributed by atoms with Gasteiger partial charge in [0.05, 0.1) is 64.8 Å². The van der Waals surface area contributed by atoms with Crippen LogP contribution in [0.3, 0.4) is 0 Å². The van der Waals surface area contributed by atoms with E-state index in [1.165, 1.54) is 37.2 Å². The second-order valence-electron chi connectivity index (χ2n) is 11.1. The maximum Gasteiger partial charge on any atom is 0.338 e. The number of ether oxygens (including phenoxy) is 5. The molecule has 0 aliphatic carbocycles. The number of carbonyl (C=O) groups excluding carboxylic acids is 1. The predicted molar refractivity (Wildman–Crippen MR) is 199 cm³/mol. The predicted octanol–water partition coefficient (Wildman–Crippen LogP) is 7.50. The number of hydrogen-bond acceptors (Lipinski definition) is 9. The number of rotatable bonds is 11. The third-order valence-electron chi connectivity index (χ3n) is 8.01. The van der Waals surface area contributed by atoms with Crippen LogP contribution < -0.4 is 33.8 Å². The molecule has 0 spiro atoms. The summed E-state index contributed by atoms with van der Waals surface area (Å²) in [5.41, 5.74) is 2.89. The van der Waals surface area contributed by atoms with Gasteiger partial charge in [-0.05, 0) is 66.1 Å². The minimum atomic E-state index is -0.910. The van der Waals surface area contributed by atoms with Crippen LogP contribution in [-0.2, 0) is 16.1 Å². The molecule has 51 heavy (non-hydrogen) atoms. The van der Waals surface area contributed by atoms with Gasteiger partial charge >= 0.3 is 5.97 Å². The van der Waals surface area contributed by atoms with E-state index >= 15 is 0 Å². The van der Waals surface area contributed by atoms with Crippen molar-refractivity contribution in [3.05, 3.63) is 141 Å². The van der Waals surface area contributed by atoms with Crippen LogP contribution in [0.2, 0.25) is 15.1 Å². The van der Waals surface area contributed by atoms with E-state index in [4.69, 9.17) is 63.5 Å². The Morgan fingerprint density at radius 3 is 2.29 bits per heavy atom. The fourth-order valence-electron chi connectivity index (χ4n) is 5.68. The molecular formula is C38H31Cl3N2O7S. The van der Waals surface area contributed by atoms with E-state index in [-0.39, 0.29) is 29.4 Å². The second kappa shape index (κ2) is 15.7. The van der Waals surface area contributed by atoms with Gasteiger partial charge in [-0.3, -0.25) is 9.36 Å². The summed E-state index contributed by atoms with van der Waals surface area (Å²) in [5, 5.41) is 1.12. The molecule has 1 aromatic heterocycles. The topological polar surface area (TPSA) is 97.6 Å². The molecule has 0 N–H and O–H groups in total. The number of nitrogens with zero attached hydrogens (tertiary/aromatic N) is 2. The highest BCUT2D eigenvalue weighted by atomic mass is 35.5. The van der Waals surface area contributed by atoms with Gasteiger partial charge in [-0.15, -0.1) is 0 Å². The van der Waals surface area contributed by atoms with Crippen molar-refractivity contribution in [2.24, 2.45) is 4.99 Å². The summed E-state index contributed by atoms with van der Waals surface area (Å²) in [7, 11) is 4.56. The van der Waals surface area contributed by atoms with Crippen molar-refractivity contribution in [3.63, 3.8) is 0 Å². The lowest BCUT2D eigenvalue weighted by atomic mass is 9.93. The normalized spacial score (nSPS) is 14.1. The quantitative estimate of drug-likeness (QED) is 0.129. The monoisotopic (exact) mass is 764 g/mol. The zero-order valence-electron chi connectivity index (χ0n) is 27.9. The van der Waals surface area contributed by atoms with Crippen molar-refractivity contribution in [1.82, 2.24) is 4.57 Å². The number of aromatic nitrogens is 1. The highest BCUT2D eigenvalue weighted by Gasteiger charge is 2.35. The van der Waals surface area contributed by atoms with Crippen LogP contribution in [0.1, 0.15) is 35.2 Å². The van der Waals surface area contributed by atoms with Crippen molar-refractivity contribution in [3.8, 4) is 23.0 Å². The minimum Gasteiger partial charge on any atom is -0.493 e. The number of methoxy groups -OCH3 is 3. The molecule has 0 radical (unpaired) electrons. The summed E-state index contributed by atoms with van der Waals surface area (Å²) in [4.78, 5) is 33.5. The maximum atomic E-state index is 14.4. The maximum absolute atomic E-state index is 14.4. The molecule has 1 aliphatic rings. The molecule has 1 atom stereocenters. The fraction of sp³-hybridized carbons (Fsp3) is 0.184. The molecule has 2 heterocycles. The number of esters is 1. The Bertz CT molecular complexity index is 2340. The van der Waals surface area contributed by atoms with Gasteiger partial charge in [-0.2, -0.15) is 0 Å². The molecule has 262 valence electrons. The molecule has 4 aromatic carbocycles. The lowest BCUT2D eigenvalue weighted by Gasteiger charge is -2.26. The van der Waals surface area contributed by atoms with Crippen LogP contribution >= 0.6 is 46.1 Å². The van der Waals surface area contributed by atoms with E-state index in [0.717, 1.165) is 5.56 Å². The second-order valence-corrected chi connectivity index (χ2v) is 13.3. The zero-order chi connectivity index (χ0) is 36.2.